The SMILES string of the molecule is CCCCCCCC(=O)CN(CCC(=O)O)C(=O)CCCCCCC. The third kappa shape index (κ3) is 14.6. The lowest BCUT2D eigenvalue weighted by atomic mass is 10.1. The molecule has 0 fully saturated rings. The number of ketones is 1. The van der Waals surface area contributed by atoms with Gasteiger partial charge in [-0.3, -0.25) is 14.4 Å². The zero-order valence-electron chi connectivity index (χ0n) is 16.2. The van der Waals surface area contributed by atoms with Crippen molar-refractivity contribution in [1.29, 1.82) is 0 Å². The molecular formula is C20H37NO4. The highest BCUT2D eigenvalue weighted by molar-refractivity contribution is 5.86. The Morgan fingerprint density at radius 2 is 1.24 bits per heavy atom. The van der Waals surface area contributed by atoms with E-state index in [0.29, 0.717) is 12.8 Å². The predicted molar refractivity (Wildman–Crippen MR) is 101 cm³/mol. The first-order chi connectivity index (χ1) is 12.0. The van der Waals surface area contributed by atoms with Crippen molar-refractivity contribution < 1.29 is 19.5 Å². The molecule has 0 atom stereocenters. The molecule has 146 valence electrons. The Bertz CT molecular complexity index is 382. The highest BCUT2D eigenvalue weighted by atomic mass is 16.4. The van der Waals surface area contributed by atoms with E-state index in [1.165, 1.54) is 24.2 Å². The van der Waals surface area contributed by atoms with E-state index in [-0.39, 0.29) is 31.2 Å². The van der Waals surface area contributed by atoms with Crippen LogP contribution < -0.4 is 0 Å². The van der Waals surface area contributed by atoms with Gasteiger partial charge in [-0.2, -0.15) is 0 Å². The lowest BCUT2D eigenvalue weighted by Gasteiger charge is -2.21. The molecule has 0 saturated carbocycles. The van der Waals surface area contributed by atoms with Crippen LogP contribution in [-0.2, 0) is 14.4 Å². The molecule has 5 nitrogen and oxygen atoms in total. The number of carbonyl (C=O) groups excluding carboxylic acids is 2. The molecule has 0 heterocycles. The van der Waals surface area contributed by atoms with E-state index in [1.54, 1.807) is 0 Å². The van der Waals surface area contributed by atoms with Crippen molar-refractivity contribution in [3.05, 3.63) is 0 Å². The largest absolute Gasteiger partial charge is 0.481 e. The number of aliphatic carboxylic acids is 1. The van der Waals surface area contributed by atoms with Gasteiger partial charge in [0.1, 0.15) is 0 Å². The Morgan fingerprint density at radius 1 is 0.720 bits per heavy atom. The highest BCUT2D eigenvalue weighted by Crippen LogP contribution is 2.09. The quantitative estimate of drug-likeness (QED) is 0.388. The van der Waals surface area contributed by atoms with Crippen LogP contribution in [0.3, 0.4) is 0 Å². The van der Waals surface area contributed by atoms with Crippen LogP contribution in [0, 0.1) is 0 Å². The minimum absolute atomic E-state index is 0.0428. The van der Waals surface area contributed by atoms with Crippen LogP contribution in [0.1, 0.15) is 97.3 Å². The number of hydrogen-bond acceptors (Lipinski definition) is 3. The van der Waals surface area contributed by atoms with Crippen LogP contribution in [0.4, 0.5) is 0 Å². The normalized spacial score (nSPS) is 10.6. The fourth-order valence-corrected chi connectivity index (χ4v) is 2.78. The molecule has 0 rings (SSSR count). The molecule has 0 aromatic rings. The van der Waals surface area contributed by atoms with Crippen molar-refractivity contribution in [2.75, 3.05) is 13.1 Å². The Balaban J connectivity index is 4.23. The molecule has 0 aromatic carbocycles. The van der Waals surface area contributed by atoms with Gasteiger partial charge in [-0.1, -0.05) is 65.2 Å². The van der Waals surface area contributed by atoms with Gasteiger partial charge in [-0.25, -0.2) is 0 Å². The smallest absolute Gasteiger partial charge is 0.305 e. The molecule has 0 unspecified atom stereocenters. The Kier molecular flexibility index (Phi) is 15.2. The van der Waals surface area contributed by atoms with E-state index in [4.69, 9.17) is 5.11 Å². The van der Waals surface area contributed by atoms with E-state index >= 15 is 0 Å². The van der Waals surface area contributed by atoms with Gasteiger partial charge in [0.2, 0.25) is 5.91 Å². The first-order valence-electron chi connectivity index (χ1n) is 10.0. The predicted octanol–water partition coefficient (Wildman–Crippen LogP) is 4.58. The first-order valence-corrected chi connectivity index (χ1v) is 10.0. The molecule has 0 bridgehead atoms. The number of amides is 1. The van der Waals surface area contributed by atoms with Gasteiger partial charge in [0.05, 0.1) is 13.0 Å². The monoisotopic (exact) mass is 355 g/mol. The number of Topliss-reactive ketones (excluding diaryl/α,β-unsaturated/α-hetero) is 1. The number of rotatable bonds is 17. The first kappa shape index (κ1) is 23.6. The fourth-order valence-electron chi connectivity index (χ4n) is 2.78. The molecular weight excluding hydrogens is 318 g/mol. The average Bonchev–Trinajstić information content (AvgIpc) is 2.57. The zero-order valence-corrected chi connectivity index (χ0v) is 16.2. The van der Waals surface area contributed by atoms with Crippen LogP contribution >= 0.6 is 0 Å². The van der Waals surface area contributed by atoms with E-state index in [9.17, 15) is 14.4 Å². The van der Waals surface area contributed by atoms with Gasteiger partial charge in [0, 0.05) is 19.4 Å². The summed E-state index contributed by atoms with van der Waals surface area (Å²) >= 11 is 0. The number of carboxylic acid groups (broad SMARTS) is 1. The molecule has 25 heavy (non-hydrogen) atoms. The van der Waals surface area contributed by atoms with E-state index in [2.05, 4.69) is 13.8 Å². The lowest BCUT2D eigenvalue weighted by molar-refractivity contribution is -0.140. The third-order valence-electron chi connectivity index (χ3n) is 4.37. The van der Waals surface area contributed by atoms with E-state index in [0.717, 1.165) is 44.9 Å². The minimum atomic E-state index is -0.937. The van der Waals surface area contributed by atoms with Gasteiger partial charge < -0.3 is 10.0 Å². The fraction of sp³-hybridized carbons (Fsp3) is 0.850. The number of carbonyl (C=O) groups is 3. The molecule has 0 aromatic heterocycles. The average molecular weight is 356 g/mol. The Labute approximate surface area is 153 Å². The van der Waals surface area contributed by atoms with Gasteiger partial charge in [-0.15, -0.1) is 0 Å². The topological polar surface area (TPSA) is 74.7 Å². The standard InChI is InChI=1S/C20H37NO4/c1-3-5-7-9-11-13-18(22)17-21(16-15-20(24)25)19(23)14-12-10-8-6-4-2/h3-17H2,1-2H3,(H,24,25). The van der Waals surface area contributed by atoms with Crippen molar-refractivity contribution in [3.63, 3.8) is 0 Å². The van der Waals surface area contributed by atoms with Gasteiger partial charge in [0.15, 0.2) is 5.78 Å². The highest BCUT2D eigenvalue weighted by Gasteiger charge is 2.17. The van der Waals surface area contributed by atoms with Gasteiger partial charge in [-0.05, 0) is 12.8 Å². The van der Waals surface area contributed by atoms with Crippen molar-refractivity contribution in [2.45, 2.75) is 97.3 Å². The summed E-state index contributed by atoms with van der Waals surface area (Å²) in [7, 11) is 0. The van der Waals surface area contributed by atoms with Crippen molar-refractivity contribution >= 4 is 17.7 Å². The molecule has 5 heteroatoms. The Morgan fingerprint density at radius 3 is 1.76 bits per heavy atom. The number of unbranched alkanes of at least 4 members (excludes halogenated alkanes) is 8. The summed E-state index contributed by atoms with van der Waals surface area (Å²) in [6.07, 6.45) is 11.5. The molecule has 0 aliphatic carbocycles. The minimum Gasteiger partial charge on any atom is -0.481 e. The van der Waals surface area contributed by atoms with Gasteiger partial charge in [0.25, 0.3) is 0 Å². The van der Waals surface area contributed by atoms with Crippen LogP contribution in [-0.4, -0.2) is 40.8 Å². The summed E-state index contributed by atoms with van der Waals surface area (Å²) in [4.78, 5) is 36.7. The second-order valence-electron chi connectivity index (χ2n) is 6.83. The van der Waals surface area contributed by atoms with Crippen LogP contribution in [0.25, 0.3) is 0 Å². The maximum Gasteiger partial charge on any atom is 0.305 e. The molecule has 0 aliphatic heterocycles. The second-order valence-corrected chi connectivity index (χ2v) is 6.83. The summed E-state index contributed by atoms with van der Waals surface area (Å²) in [6, 6.07) is 0. The van der Waals surface area contributed by atoms with Crippen LogP contribution in [0.15, 0.2) is 0 Å². The lowest BCUT2D eigenvalue weighted by Crippen LogP contribution is -2.37. The summed E-state index contributed by atoms with van der Waals surface area (Å²) in [5, 5.41) is 8.85. The molecule has 0 aliphatic rings. The number of nitrogens with zero attached hydrogens (tertiary/aromatic N) is 1. The summed E-state index contributed by atoms with van der Waals surface area (Å²) in [5.74, 6) is -0.980. The molecule has 1 N–H and O–H groups in total. The van der Waals surface area contributed by atoms with E-state index in [1.807, 2.05) is 0 Å². The van der Waals surface area contributed by atoms with Gasteiger partial charge >= 0.3 is 5.97 Å². The Hall–Kier alpha value is -1.39. The molecule has 0 radical (unpaired) electrons. The van der Waals surface area contributed by atoms with Crippen molar-refractivity contribution in [3.8, 4) is 0 Å². The molecule has 0 spiro atoms. The maximum atomic E-state index is 12.3. The zero-order chi connectivity index (χ0) is 18.9. The second kappa shape index (κ2) is 16.1. The number of hydrogen-bond donors (Lipinski definition) is 1. The van der Waals surface area contributed by atoms with Crippen LogP contribution in [0.5, 0.6) is 0 Å². The maximum absolute atomic E-state index is 12.3. The summed E-state index contributed by atoms with van der Waals surface area (Å²) < 4.78 is 0. The summed E-state index contributed by atoms with van der Waals surface area (Å²) in [5.41, 5.74) is 0. The van der Waals surface area contributed by atoms with E-state index < -0.39 is 5.97 Å². The number of carboxylic acids is 1. The summed E-state index contributed by atoms with van der Waals surface area (Å²) in [6.45, 7) is 4.49. The molecule has 0 saturated heterocycles. The van der Waals surface area contributed by atoms with Crippen molar-refractivity contribution in [2.24, 2.45) is 0 Å². The van der Waals surface area contributed by atoms with Crippen molar-refractivity contribution in [1.82, 2.24) is 4.90 Å². The third-order valence-corrected chi connectivity index (χ3v) is 4.37. The van der Waals surface area contributed by atoms with Crippen LogP contribution in [0.2, 0.25) is 0 Å². The molecule has 1 amide bonds.